The molecule has 0 N–H and O–H groups in total. The molecule has 0 aliphatic carbocycles. The van der Waals surface area contributed by atoms with Crippen molar-refractivity contribution >= 4 is 12.4 Å². The maximum Gasteiger partial charge on any atom is 0.258 e. The third-order valence-electron chi connectivity index (χ3n) is 4.29. The van der Waals surface area contributed by atoms with Gasteiger partial charge in [-0.2, -0.15) is 4.98 Å². The summed E-state index contributed by atoms with van der Waals surface area (Å²) in [7, 11) is 0. The summed E-state index contributed by atoms with van der Waals surface area (Å²) in [5.41, 5.74) is 5.99. The van der Waals surface area contributed by atoms with Gasteiger partial charge in [0.15, 0.2) is 0 Å². The number of nitrogens with zero attached hydrogens (tertiary/aromatic N) is 3. The van der Waals surface area contributed by atoms with E-state index in [9.17, 15) is 0 Å². The molecule has 0 aliphatic heterocycles. The fourth-order valence-electron chi connectivity index (χ4n) is 2.87. The van der Waals surface area contributed by atoms with E-state index in [-0.39, 0.29) is 0 Å². The Hall–Kier alpha value is -3.53. The number of benzene rings is 3. The van der Waals surface area contributed by atoms with Crippen molar-refractivity contribution in [1.82, 2.24) is 10.1 Å². The lowest BCUT2D eigenvalue weighted by Gasteiger charge is -2.02. The van der Waals surface area contributed by atoms with Crippen molar-refractivity contribution in [2.45, 2.75) is 6.92 Å². The van der Waals surface area contributed by atoms with Crippen LogP contribution in [0.4, 0.5) is 5.69 Å². The number of aryl methyl sites for hydroxylation is 1. The van der Waals surface area contributed by atoms with Crippen LogP contribution in [0.15, 0.2) is 82.3 Å². The van der Waals surface area contributed by atoms with Crippen LogP contribution in [0.5, 0.6) is 0 Å². The Balaban J connectivity index is 1.62. The molecule has 0 saturated carbocycles. The van der Waals surface area contributed by atoms with Gasteiger partial charge in [-0.1, -0.05) is 47.6 Å². The van der Waals surface area contributed by atoms with Gasteiger partial charge >= 0.3 is 0 Å². The van der Waals surface area contributed by atoms with Crippen molar-refractivity contribution in [3.05, 3.63) is 78.4 Å². The van der Waals surface area contributed by atoms with E-state index in [1.807, 2.05) is 55.5 Å². The van der Waals surface area contributed by atoms with Crippen LogP contribution in [0.1, 0.15) is 5.56 Å². The third-order valence-corrected chi connectivity index (χ3v) is 4.29. The predicted molar refractivity (Wildman–Crippen MR) is 105 cm³/mol. The van der Waals surface area contributed by atoms with Crippen molar-refractivity contribution < 1.29 is 4.52 Å². The Morgan fingerprint density at radius 2 is 1.46 bits per heavy atom. The van der Waals surface area contributed by atoms with Gasteiger partial charge in [-0.05, 0) is 60.7 Å². The highest BCUT2D eigenvalue weighted by atomic mass is 16.5. The summed E-state index contributed by atoms with van der Waals surface area (Å²) in [5.74, 6) is 1.06. The molecule has 0 fully saturated rings. The highest BCUT2D eigenvalue weighted by molar-refractivity contribution is 5.68. The summed E-state index contributed by atoms with van der Waals surface area (Å²) in [4.78, 5) is 8.50. The molecule has 4 heteroatoms. The molecule has 26 heavy (non-hydrogen) atoms. The molecule has 126 valence electrons. The van der Waals surface area contributed by atoms with Gasteiger partial charge in [-0.15, -0.1) is 0 Å². The number of rotatable bonds is 4. The Kier molecular flexibility index (Phi) is 4.15. The Labute approximate surface area is 151 Å². The smallest absolute Gasteiger partial charge is 0.258 e. The van der Waals surface area contributed by atoms with Gasteiger partial charge in [0.1, 0.15) is 0 Å². The highest BCUT2D eigenvalue weighted by Gasteiger charge is 2.11. The zero-order valence-electron chi connectivity index (χ0n) is 14.4. The lowest BCUT2D eigenvalue weighted by molar-refractivity contribution is 0.432. The van der Waals surface area contributed by atoms with Gasteiger partial charge in [-0.3, -0.25) is 4.99 Å². The molecular formula is C22H17N3O. The van der Waals surface area contributed by atoms with Gasteiger partial charge < -0.3 is 4.52 Å². The van der Waals surface area contributed by atoms with E-state index in [4.69, 9.17) is 4.52 Å². The Morgan fingerprint density at radius 1 is 0.808 bits per heavy atom. The molecule has 0 bridgehead atoms. The van der Waals surface area contributed by atoms with Gasteiger partial charge in [0.2, 0.25) is 5.82 Å². The van der Waals surface area contributed by atoms with E-state index >= 15 is 0 Å². The SMILES string of the molecule is C=Nc1ccc(-c2noc(-c3ccc(-c4ccccc4)cc3)n2)cc1C. The van der Waals surface area contributed by atoms with Crippen molar-refractivity contribution in [3.8, 4) is 34.0 Å². The molecule has 0 amide bonds. The lowest BCUT2D eigenvalue weighted by Crippen LogP contribution is -1.84. The molecule has 3 aromatic carbocycles. The minimum atomic E-state index is 0.503. The van der Waals surface area contributed by atoms with Gasteiger partial charge in [0.05, 0.1) is 5.69 Å². The van der Waals surface area contributed by atoms with Crippen LogP contribution < -0.4 is 0 Å². The van der Waals surface area contributed by atoms with Crippen molar-refractivity contribution in [3.63, 3.8) is 0 Å². The molecule has 0 atom stereocenters. The molecular weight excluding hydrogens is 322 g/mol. The van der Waals surface area contributed by atoms with Gasteiger partial charge in [-0.25, -0.2) is 0 Å². The first kappa shape index (κ1) is 16.0. The minimum absolute atomic E-state index is 0.503. The third kappa shape index (κ3) is 3.05. The van der Waals surface area contributed by atoms with E-state index < -0.39 is 0 Å². The van der Waals surface area contributed by atoms with E-state index in [0.29, 0.717) is 11.7 Å². The monoisotopic (exact) mass is 339 g/mol. The Bertz CT molecular complexity index is 1050. The molecule has 4 aromatic rings. The van der Waals surface area contributed by atoms with Crippen LogP contribution >= 0.6 is 0 Å². The summed E-state index contributed by atoms with van der Waals surface area (Å²) < 4.78 is 5.45. The van der Waals surface area contributed by atoms with Crippen LogP contribution in [-0.2, 0) is 0 Å². The minimum Gasteiger partial charge on any atom is -0.334 e. The normalized spacial score (nSPS) is 10.7. The summed E-state index contributed by atoms with van der Waals surface area (Å²) >= 11 is 0. The molecule has 4 rings (SSSR count). The van der Waals surface area contributed by atoms with Crippen molar-refractivity contribution in [2.75, 3.05) is 0 Å². The van der Waals surface area contributed by atoms with Gasteiger partial charge in [0.25, 0.3) is 5.89 Å². The second kappa shape index (κ2) is 6.76. The summed E-state index contributed by atoms with van der Waals surface area (Å²) in [6.45, 7) is 5.55. The zero-order valence-corrected chi connectivity index (χ0v) is 14.4. The van der Waals surface area contributed by atoms with E-state index in [1.54, 1.807) is 0 Å². The lowest BCUT2D eigenvalue weighted by atomic mass is 10.0. The quantitative estimate of drug-likeness (QED) is 0.447. The first-order chi connectivity index (χ1) is 12.7. The van der Waals surface area contributed by atoms with Crippen LogP contribution in [0.25, 0.3) is 34.0 Å². The van der Waals surface area contributed by atoms with Crippen LogP contribution in [0, 0.1) is 6.92 Å². The van der Waals surface area contributed by atoms with Gasteiger partial charge in [0, 0.05) is 11.1 Å². The summed E-state index contributed by atoms with van der Waals surface area (Å²) in [6, 6.07) is 24.2. The standard InChI is InChI=1S/C22H17N3O/c1-15-14-19(12-13-20(15)23-2)21-24-22(26-25-21)18-10-8-17(9-11-18)16-6-4-3-5-7-16/h3-14H,2H2,1H3. The number of aliphatic imine (C=N–C) groups is 1. The predicted octanol–water partition coefficient (Wildman–Crippen LogP) is 5.71. The topological polar surface area (TPSA) is 51.3 Å². The first-order valence-electron chi connectivity index (χ1n) is 8.32. The molecule has 0 radical (unpaired) electrons. The fraction of sp³-hybridized carbons (Fsp3) is 0.0455. The maximum atomic E-state index is 5.45. The van der Waals surface area contributed by atoms with Crippen LogP contribution in [0.2, 0.25) is 0 Å². The molecule has 1 heterocycles. The van der Waals surface area contributed by atoms with Crippen LogP contribution in [0.3, 0.4) is 0 Å². The number of hydrogen-bond acceptors (Lipinski definition) is 4. The molecule has 4 nitrogen and oxygen atoms in total. The Morgan fingerprint density at radius 3 is 2.15 bits per heavy atom. The molecule has 0 saturated heterocycles. The van der Waals surface area contributed by atoms with Crippen molar-refractivity contribution in [2.24, 2.45) is 4.99 Å². The second-order valence-electron chi connectivity index (χ2n) is 6.03. The van der Waals surface area contributed by atoms with E-state index in [2.05, 4.69) is 46.1 Å². The maximum absolute atomic E-state index is 5.45. The molecule has 1 aromatic heterocycles. The highest BCUT2D eigenvalue weighted by Crippen LogP contribution is 2.28. The number of aromatic nitrogens is 2. The summed E-state index contributed by atoms with van der Waals surface area (Å²) in [6.07, 6.45) is 0. The van der Waals surface area contributed by atoms with E-state index in [1.165, 1.54) is 5.56 Å². The van der Waals surface area contributed by atoms with E-state index in [0.717, 1.165) is 27.9 Å². The average molecular weight is 339 g/mol. The second-order valence-corrected chi connectivity index (χ2v) is 6.03. The molecule has 0 spiro atoms. The summed E-state index contributed by atoms with van der Waals surface area (Å²) in [5, 5.41) is 4.11. The molecule has 0 aliphatic rings. The first-order valence-corrected chi connectivity index (χ1v) is 8.32. The zero-order chi connectivity index (χ0) is 17.9. The van der Waals surface area contributed by atoms with Crippen LogP contribution in [-0.4, -0.2) is 16.9 Å². The van der Waals surface area contributed by atoms with Crippen molar-refractivity contribution in [1.29, 1.82) is 0 Å². The average Bonchev–Trinajstić information content (AvgIpc) is 3.19. The molecule has 0 unspecified atom stereocenters. The largest absolute Gasteiger partial charge is 0.334 e. The number of hydrogen-bond donors (Lipinski definition) is 0. The fourth-order valence-corrected chi connectivity index (χ4v) is 2.87.